The van der Waals surface area contributed by atoms with Crippen LogP contribution < -0.4 is 5.73 Å². The van der Waals surface area contributed by atoms with Gasteiger partial charge in [0.2, 0.25) is 0 Å². The lowest BCUT2D eigenvalue weighted by molar-refractivity contribution is -0.160. The molecular formula is C15H21NO3. The lowest BCUT2D eigenvalue weighted by atomic mass is 9.95. The molecule has 3 atom stereocenters. The number of epoxide rings is 1. The van der Waals surface area contributed by atoms with Gasteiger partial charge in [0.05, 0.1) is 5.92 Å². The zero-order chi connectivity index (χ0) is 14.0. The number of hydrogen-bond donors (Lipinski definition) is 1. The summed E-state index contributed by atoms with van der Waals surface area (Å²) in [6.45, 7) is 5.58. The molecule has 1 heterocycles. The summed E-state index contributed by atoms with van der Waals surface area (Å²) in [5.41, 5.74) is 6.28. The monoisotopic (exact) mass is 263 g/mol. The summed E-state index contributed by atoms with van der Waals surface area (Å²) in [6, 6.07) is 9.84. The third kappa shape index (κ3) is 4.04. The Balaban J connectivity index is 2.06. The maximum atomic E-state index is 12.2. The maximum Gasteiger partial charge on any atom is 0.312 e. The predicted molar refractivity (Wildman–Crippen MR) is 72.3 cm³/mol. The van der Waals surface area contributed by atoms with Crippen molar-refractivity contribution < 1.29 is 14.3 Å². The highest BCUT2D eigenvalue weighted by molar-refractivity contribution is 5.74. The number of ether oxygens (including phenoxy) is 2. The van der Waals surface area contributed by atoms with E-state index in [2.05, 4.69) is 0 Å². The van der Waals surface area contributed by atoms with Crippen molar-refractivity contribution in [2.24, 2.45) is 11.7 Å². The summed E-state index contributed by atoms with van der Waals surface area (Å²) in [5, 5.41) is 0. The van der Waals surface area contributed by atoms with Crippen LogP contribution in [-0.4, -0.2) is 23.9 Å². The normalized spacial score (nSPS) is 23.8. The van der Waals surface area contributed by atoms with E-state index in [1.807, 2.05) is 51.1 Å². The first kappa shape index (κ1) is 14.0. The van der Waals surface area contributed by atoms with Crippen LogP contribution in [0.4, 0.5) is 0 Å². The fourth-order valence-electron chi connectivity index (χ4n) is 2.04. The van der Waals surface area contributed by atoms with Crippen LogP contribution in [0.25, 0.3) is 0 Å². The van der Waals surface area contributed by atoms with Crippen LogP contribution in [0.3, 0.4) is 0 Å². The Hall–Kier alpha value is -1.39. The largest absolute Gasteiger partial charge is 0.460 e. The van der Waals surface area contributed by atoms with Gasteiger partial charge in [-0.25, -0.2) is 0 Å². The molecule has 4 heteroatoms. The zero-order valence-electron chi connectivity index (χ0n) is 11.6. The third-order valence-corrected chi connectivity index (χ3v) is 2.97. The highest BCUT2D eigenvalue weighted by atomic mass is 16.6. The van der Waals surface area contributed by atoms with Crippen LogP contribution in [0, 0.1) is 5.92 Å². The molecule has 2 rings (SSSR count). The molecule has 0 aromatic heterocycles. The molecule has 1 aromatic rings. The van der Waals surface area contributed by atoms with Gasteiger partial charge in [-0.15, -0.1) is 0 Å². The van der Waals surface area contributed by atoms with E-state index >= 15 is 0 Å². The second kappa shape index (κ2) is 5.31. The fraction of sp³-hybridized carbons (Fsp3) is 0.533. The van der Waals surface area contributed by atoms with Gasteiger partial charge in [-0.2, -0.15) is 0 Å². The molecule has 1 aliphatic heterocycles. The Kier molecular flexibility index (Phi) is 3.92. The highest BCUT2D eigenvalue weighted by Crippen LogP contribution is 2.30. The second-order valence-corrected chi connectivity index (χ2v) is 5.89. The van der Waals surface area contributed by atoms with Crippen LogP contribution in [0.15, 0.2) is 30.3 Å². The zero-order valence-corrected chi connectivity index (χ0v) is 11.6. The van der Waals surface area contributed by atoms with Crippen molar-refractivity contribution in [3.05, 3.63) is 35.9 Å². The van der Waals surface area contributed by atoms with E-state index in [-0.39, 0.29) is 24.2 Å². The Morgan fingerprint density at radius 3 is 2.42 bits per heavy atom. The number of hydrogen-bond acceptors (Lipinski definition) is 4. The molecule has 19 heavy (non-hydrogen) atoms. The molecule has 0 bridgehead atoms. The Bertz CT molecular complexity index is 438. The van der Waals surface area contributed by atoms with Gasteiger partial charge in [0.25, 0.3) is 0 Å². The van der Waals surface area contributed by atoms with E-state index in [0.717, 1.165) is 5.56 Å². The van der Waals surface area contributed by atoms with Crippen molar-refractivity contribution in [1.82, 2.24) is 0 Å². The second-order valence-electron chi connectivity index (χ2n) is 5.89. The number of carbonyl (C=O) groups excluding carboxylic acids is 1. The van der Waals surface area contributed by atoms with Gasteiger partial charge in [0.15, 0.2) is 0 Å². The average molecular weight is 263 g/mol. The number of carbonyl (C=O) groups is 1. The molecule has 4 nitrogen and oxygen atoms in total. The van der Waals surface area contributed by atoms with Crippen molar-refractivity contribution in [2.45, 2.75) is 45.1 Å². The molecule has 2 N–H and O–H groups in total. The van der Waals surface area contributed by atoms with Crippen LogP contribution in [0.5, 0.6) is 0 Å². The fourth-order valence-corrected chi connectivity index (χ4v) is 2.04. The molecule has 1 unspecified atom stereocenters. The number of benzene rings is 1. The maximum absolute atomic E-state index is 12.2. The van der Waals surface area contributed by atoms with Crippen molar-refractivity contribution in [1.29, 1.82) is 0 Å². The van der Waals surface area contributed by atoms with Gasteiger partial charge in [-0.05, 0) is 32.8 Å². The smallest absolute Gasteiger partial charge is 0.312 e. The number of rotatable bonds is 4. The summed E-state index contributed by atoms with van der Waals surface area (Å²) in [6.07, 6.45) is 0.0185. The van der Waals surface area contributed by atoms with Gasteiger partial charge >= 0.3 is 5.97 Å². The van der Waals surface area contributed by atoms with Crippen molar-refractivity contribution >= 4 is 5.97 Å². The minimum atomic E-state index is -0.495. The van der Waals surface area contributed by atoms with Crippen LogP contribution in [0.2, 0.25) is 0 Å². The minimum absolute atomic E-state index is 0.227. The molecule has 1 aromatic carbocycles. The molecule has 104 valence electrons. The summed E-state index contributed by atoms with van der Waals surface area (Å²) >= 11 is 0. The molecule has 1 fully saturated rings. The van der Waals surface area contributed by atoms with E-state index in [1.54, 1.807) is 0 Å². The van der Waals surface area contributed by atoms with Crippen molar-refractivity contribution in [3.63, 3.8) is 0 Å². The molecule has 0 spiro atoms. The predicted octanol–water partition coefficient (Wildman–Crippen LogP) is 1.87. The van der Waals surface area contributed by atoms with Gasteiger partial charge < -0.3 is 15.2 Å². The Labute approximate surface area is 113 Å². The standard InChI is InChI=1S/C15H21NO3/c1-15(2,3)19-14(17)11(12-13(16)18-12)9-10-7-5-4-6-8-10/h4-8,11-13H,9,16H2,1-3H3/t11-,12-,13?/m0/s1. The van der Waals surface area contributed by atoms with E-state index in [9.17, 15) is 4.79 Å². The third-order valence-electron chi connectivity index (χ3n) is 2.97. The molecular weight excluding hydrogens is 242 g/mol. The minimum Gasteiger partial charge on any atom is -0.460 e. The first-order chi connectivity index (χ1) is 8.87. The van der Waals surface area contributed by atoms with E-state index in [0.29, 0.717) is 6.42 Å². The summed E-state index contributed by atoms with van der Waals surface area (Å²) in [5.74, 6) is -0.578. The van der Waals surface area contributed by atoms with Crippen molar-refractivity contribution in [3.8, 4) is 0 Å². The van der Waals surface area contributed by atoms with Crippen LogP contribution >= 0.6 is 0 Å². The SMILES string of the molecule is CC(C)(C)OC(=O)[C@@H](Cc1ccccc1)[C@@H]1OC1N. The van der Waals surface area contributed by atoms with E-state index in [1.165, 1.54) is 0 Å². The van der Waals surface area contributed by atoms with Crippen LogP contribution in [-0.2, 0) is 20.7 Å². The first-order valence-corrected chi connectivity index (χ1v) is 6.54. The molecule has 0 radical (unpaired) electrons. The lowest BCUT2D eigenvalue weighted by Gasteiger charge is -2.23. The van der Waals surface area contributed by atoms with Gasteiger partial charge in [0.1, 0.15) is 17.9 Å². The molecule has 1 aliphatic rings. The van der Waals surface area contributed by atoms with E-state index < -0.39 is 5.60 Å². The first-order valence-electron chi connectivity index (χ1n) is 6.54. The highest BCUT2D eigenvalue weighted by Gasteiger charge is 2.47. The average Bonchev–Trinajstić information content (AvgIpc) is 3.02. The van der Waals surface area contributed by atoms with E-state index in [4.69, 9.17) is 15.2 Å². The quantitative estimate of drug-likeness (QED) is 0.665. The van der Waals surface area contributed by atoms with Gasteiger partial charge in [-0.1, -0.05) is 30.3 Å². The van der Waals surface area contributed by atoms with Gasteiger partial charge in [0, 0.05) is 0 Å². The molecule has 0 aliphatic carbocycles. The molecule has 0 amide bonds. The van der Waals surface area contributed by atoms with Crippen LogP contribution in [0.1, 0.15) is 26.3 Å². The lowest BCUT2D eigenvalue weighted by Crippen LogP contribution is -2.33. The number of esters is 1. The van der Waals surface area contributed by atoms with Crippen molar-refractivity contribution in [2.75, 3.05) is 0 Å². The topological polar surface area (TPSA) is 64.8 Å². The molecule has 0 saturated carbocycles. The summed E-state index contributed by atoms with van der Waals surface area (Å²) in [4.78, 5) is 12.2. The Morgan fingerprint density at radius 1 is 1.37 bits per heavy atom. The molecule has 1 saturated heterocycles. The summed E-state index contributed by atoms with van der Waals surface area (Å²) < 4.78 is 10.7. The number of nitrogens with two attached hydrogens (primary N) is 1. The summed E-state index contributed by atoms with van der Waals surface area (Å²) in [7, 11) is 0. The Morgan fingerprint density at radius 2 is 1.95 bits per heavy atom. The van der Waals surface area contributed by atoms with Gasteiger partial charge in [-0.3, -0.25) is 4.79 Å².